The Morgan fingerprint density at radius 1 is 1.03 bits per heavy atom. The maximum atomic E-state index is 12.3. The lowest BCUT2D eigenvalue weighted by atomic mass is 9.96. The minimum atomic E-state index is 0.0461. The number of allylic oxidation sites excluding steroid dienone is 1. The first kappa shape index (κ1) is 19.9. The SMILES string of the molecule is Cc1ccc(-c2ncco2)cc1-c1ccc(CC(=O)/C=C/c2cccc(Cl)c2)cc1. The summed E-state index contributed by atoms with van der Waals surface area (Å²) in [6.45, 7) is 2.08. The van der Waals surface area contributed by atoms with E-state index in [2.05, 4.69) is 24.0 Å². The highest BCUT2D eigenvalue weighted by Gasteiger charge is 2.08. The Hall–Kier alpha value is -3.43. The molecule has 0 saturated carbocycles. The average Bonchev–Trinajstić information content (AvgIpc) is 3.28. The second-order valence-corrected chi connectivity index (χ2v) is 7.53. The Labute approximate surface area is 180 Å². The molecule has 1 aromatic heterocycles. The maximum absolute atomic E-state index is 12.3. The van der Waals surface area contributed by atoms with Gasteiger partial charge in [0.1, 0.15) is 6.26 Å². The largest absolute Gasteiger partial charge is 0.445 e. The van der Waals surface area contributed by atoms with Gasteiger partial charge < -0.3 is 4.42 Å². The number of hydrogen-bond acceptors (Lipinski definition) is 3. The summed E-state index contributed by atoms with van der Waals surface area (Å²) in [6.07, 6.45) is 6.96. The smallest absolute Gasteiger partial charge is 0.225 e. The molecule has 0 aliphatic heterocycles. The first-order chi connectivity index (χ1) is 14.6. The topological polar surface area (TPSA) is 43.1 Å². The number of rotatable bonds is 6. The summed E-state index contributed by atoms with van der Waals surface area (Å²) in [5, 5.41) is 0.655. The van der Waals surface area contributed by atoms with E-state index in [9.17, 15) is 4.79 Å². The van der Waals surface area contributed by atoms with Crippen LogP contribution in [-0.2, 0) is 11.2 Å². The lowest BCUT2D eigenvalue weighted by Gasteiger charge is -2.09. The van der Waals surface area contributed by atoms with Gasteiger partial charge in [0.2, 0.25) is 5.89 Å². The van der Waals surface area contributed by atoms with Crippen molar-refractivity contribution in [3.8, 4) is 22.6 Å². The maximum Gasteiger partial charge on any atom is 0.225 e. The van der Waals surface area contributed by atoms with E-state index in [0.717, 1.165) is 27.8 Å². The molecule has 3 nitrogen and oxygen atoms in total. The van der Waals surface area contributed by atoms with E-state index in [1.807, 2.05) is 54.6 Å². The molecular formula is C26H20ClNO2. The number of aromatic nitrogens is 1. The van der Waals surface area contributed by atoms with E-state index in [-0.39, 0.29) is 5.78 Å². The summed E-state index contributed by atoms with van der Waals surface area (Å²) < 4.78 is 5.41. The fourth-order valence-corrected chi connectivity index (χ4v) is 3.49. The van der Waals surface area contributed by atoms with Crippen molar-refractivity contribution in [2.75, 3.05) is 0 Å². The Kier molecular flexibility index (Phi) is 5.92. The van der Waals surface area contributed by atoms with Gasteiger partial charge in [-0.05, 0) is 65.1 Å². The van der Waals surface area contributed by atoms with Crippen molar-refractivity contribution in [3.05, 3.63) is 107 Å². The quantitative estimate of drug-likeness (QED) is 0.326. The number of halogens is 1. The summed E-state index contributed by atoms with van der Waals surface area (Å²) in [5.41, 5.74) is 6.19. The number of ketones is 1. The van der Waals surface area contributed by atoms with Crippen molar-refractivity contribution >= 4 is 23.5 Å². The first-order valence-electron chi connectivity index (χ1n) is 9.65. The summed E-state index contributed by atoms with van der Waals surface area (Å²) >= 11 is 5.98. The molecule has 0 aliphatic rings. The second-order valence-electron chi connectivity index (χ2n) is 7.10. The van der Waals surface area contributed by atoms with Crippen molar-refractivity contribution < 1.29 is 9.21 Å². The molecule has 148 valence electrons. The van der Waals surface area contributed by atoms with Crippen LogP contribution in [0.1, 0.15) is 16.7 Å². The van der Waals surface area contributed by atoms with Crippen LogP contribution in [0, 0.1) is 6.92 Å². The molecule has 0 atom stereocenters. The molecular weight excluding hydrogens is 394 g/mol. The molecule has 3 aromatic carbocycles. The lowest BCUT2D eigenvalue weighted by Crippen LogP contribution is -1.98. The van der Waals surface area contributed by atoms with Crippen LogP contribution >= 0.6 is 11.6 Å². The molecule has 30 heavy (non-hydrogen) atoms. The van der Waals surface area contributed by atoms with E-state index >= 15 is 0 Å². The Morgan fingerprint density at radius 2 is 1.83 bits per heavy atom. The van der Waals surface area contributed by atoms with Gasteiger partial charge in [-0.25, -0.2) is 4.98 Å². The van der Waals surface area contributed by atoms with E-state index in [1.54, 1.807) is 24.6 Å². The van der Waals surface area contributed by atoms with Crippen molar-refractivity contribution in [1.29, 1.82) is 0 Å². The number of oxazole rings is 1. The van der Waals surface area contributed by atoms with E-state index < -0.39 is 0 Å². The molecule has 0 amide bonds. The lowest BCUT2D eigenvalue weighted by molar-refractivity contribution is -0.113. The number of hydrogen-bond donors (Lipinski definition) is 0. The predicted octanol–water partition coefficient (Wildman–Crippen LogP) is 6.80. The van der Waals surface area contributed by atoms with Gasteiger partial charge in [0.05, 0.1) is 6.20 Å². The number of benzene rings is 3. The van der Waals surface area contributed by atoms with Gasteiger partial charge in [-0.1, -0.05) is 60.1 Å². The molecule has 4 aromatic rings. The van der Waals surface area contributed by atoms with E-state index in [0.29, 0.717) is 17.3 Å². The van der Waals surface area contributed by atoms with E-state index in [4.69, 9.17) is 16.0 Å². The zero-order chi connectivity index (χ0) is 20.9. The van der Waals surface area contributed by atoms with Crippen LogP contribution in [0.5, 0.6) is 0 Å². The van der Waals surface area contributed by atoms with Crippen molar-refractivity contribution in [3.63, 3.8) is 0 Å². The summed E-state index contributed by atoms with van der Waals surface area (Å²) in [5.74, 6) is 0.648. The zero-order valence-electron chi connectivity index (χ0n) is 16.5. The summed E-state index contributed by atoms with van der Waals surface area (Å²) in [7, 11) is 0. The van der Waals surface area contributed by atoms with Crippen LogP contribution < -0.4 is 0 Å². The van der Waals surface area contributed by atoms with Crippen LogP contribution in [-0.4, -0.2) is 10.8 Å². The van der Waals surface area contributed by atoms with Gasteiger partial charge in [-0.3, -0.25) is 4.79 Å². The average molecular weight is 414 g/mol. The van der Waals surface area contributed by atoms with Gasteiger partial charge in [0, 0.05) is 17.0 Å². The minimum Gasteiger partial charge on any atom is -0.445 e. The van der Waals surface area contributed by atoms with Crippen molar-refractivity contribution in [2.24, 2.45) is 0 Å². The molecule has 4 rings (SSSR count). The number of nitrogens with zero attached hydrogens (tertiary/aromatic N) is 1. The summed E-state index contributed by atoms with van der Waals surface area (Å²) in [6, 6.07) is 21.7. The van der Waals surface area contributed by atoms with Crippen molar-refractivity contribution in [2.45, 2.75) is 13.3 Å². The molecule has 0 spiro atoms. The van der Waals surface area contributed by atoms with Gasteiger partial charge in [0.25, 0.3) is 0 Å². The van der Waals surface area contributed by atoms with E-state index in [1.165, 1.54) is 5.56 Å². The Morgan fingerprint density at radius 3 is 2.57 bits per heavy atom. The molecule has 0 N–H and O–H groups in total. The Balaban J connectivity index is 1.48. The van der Waals surface area contributed by atoms with Gasteiger partial charge in [-0.15, -0.1) is 0 Å². The van der Waals surface area contributed by atoms with Crippen LogP contribution in [0.3, 0.4) is 0 Å². The highest BCUT2D eigenvalue weighted by Crippen LogP contribution is 2.29. The van der Waals surface area contributed by atoms with Crippen LogP contribution in [0.2, 0.25) is 5.02 Å². The van der Waals surface area contributed by atoms with Gasteiger partial charge >= 0.3 is 0 Å². The molecule has 0 bridgehead atoms. The predicted molar refractivity (Wildman–Crippen MR) is 121 cm³/mol. The standard InChI is InChI=1S/C26H20ClNO2/c1-18-5-9-22(26-28-13-14-30-26)17-25(18)21-10-6-20(7-11-21)16-24(29)12-8-19-3-2-4-23(27)15-19/h2-15,17H,16H2,1H3/b12-8+. The monoisotopic (exact) mass is 413 g/mol. The normalized spacial score (nSPS) is 11.1. The third kappa shape index (κ3) is 4.76. The van der Waals surface area contributed by atoms with Gasteiger partial charge in [0.15, 0.2) is 5.78 Å². The fourth-order valence-electron chi connectivity index (χ4n) is 3.29. The fraction of sp³-hybridized carbons (Fsp3) is 0.0769. The molecule has 1 heterocycles. The van der Waals surface area contributed by atoms with Crippen LogP contribution in [0.25, 0.3) is 28.7 Å². The molecule has 0 unspecified atom stereocenters. The molecule has 4 heteroatoms. The molecule has 0 radical (unpaired) electrons. The van der Waals surface area contributed by atoms with Crippen molar-refractivity contribution in [1.82, 2.24) is 4.98 Å². The highest BCUT2D eigenvalue weighted by molar-refractivity contribution is 6.30. The number of aryl methyl sites for hydroxylation is 1. The minimum absolute atomic E-state index is 0.0461. The number of carbonyl (C=O) groups is 1. The summed E-state index contributed by atoms with van der Waals surface area (Å²) in [4.78, 5) is 16.5. The highest BCUT2D eigenvalue weighted by atomic mass is 35.5. The second kappa shape index (κ2) is 8.93. The van der Waals surface area contributed by atoms with Gasteiger partial charge in [-0.2, -0.15) is 0 Å². The zero-order valence-corrected chi connectivity index (χ0v) is 17.3. The number of carbonyl (C=O) groups excluding carboxylic acids is 1. The molecule has 0 fully saturated rings. The van der Waals surface area contributed by atoms with Crippen LogP contribution in [0.15, 0.2) is 89.7 Å². The third-order valence-corrected chi connectivity index (χ3v) is 5.11. The Bertz CT molecular complexity index is 1190. The third-order valence-electron chi connectivity index (χ3n) is 4.87. The van der Waals surface area contributed by atoms with Crippen LogP contribution in [0.4, 0.5) is 0 Å². The molecule has 0 aliphatic carbocycles. The first-order valence-corrected chi connectivity index (χ1v) is 10.0. The molecule has 0 saturated heterocycles.